The molecule has 1 fully saturated rings. The Balaban J connectivity index is -0.000000228. The molecule has 0 aromatic carbocycles. The second-order valence-electron chi connectivity index (χ2n) is 3.05. The van der Waals surface area contributed by atoms with E-state index in [0.717, 1.165) is 12.8 Å². The van der Waals surface area contributed by atoms with Crippen molar-refractivity contribution in [3.8, 4) is 0 Å². The standard InChI is InChI=1S/C6H9O2.C3H8O3P2.C2H6.Y/c1-2-5-3-4-6(7)8-5;4-1-3(6-8)2-5-7;1-2;/h4-5H,2-3H2,1H3;1,3H,2,7-8H2;1-2H3;/q-1;;;/t5-;;;/m1.../s1. The first-order chi connectivity index (χ1) is 8.67. The van der Waals surface area contributed by atoms with Crippen molar-refractivity contribution in [1.29, 1.82) is 0 Å². The van der Waals surface area contributed by atoms with Crippen LogP contribution < -0.4 is 0 Å². The van der Waals surface area contributed by atoms with Gasteiger partial charge < -0.3 is 18.6 Å². The molecule has 0 spiro atoms. The van der Waals surface area contributed by atoms with Crippen LogP contribution in [0.1, 0.15) is 33.6 Å². The molecule has 1 rings (SSSR count). The fraction of sp³-hybridized carbons (Fsp3) is 0.727. The van der Waals surface area contributed by atoms with E-state index in [1.165, 1.54) is 0 Å². The van der Waals surface area contributed by atoms with Crippen LogP contribution >= 0.6 is 18.9 Å². The summed E-state index contributed by atoms with van der Waals surface area (Å²) in [6, 6.07) is 0. The monoisotopic (exact) mass is 386 g/mol. The molecule has 0 aromatic rings. The molecule has 0 amide bonds. The predicted molar refractivity (Wildman–Crippen MR) is 76.7 cm³/mol. The predicted octanol–water partition coefficient (Wildman–Crippen LogP) is 2.11. The van der Waals surface area contributed by atoms with Crippen LogP contribution in [0.3, 0.4) is 0 Å². The third-order valence-electron chi connectivity index (χ3n) is 1.87. The largest absolute Gasteiger partial charge is 0.487 e. The van der Waals surface area contributed by atoms with Crippen LogP contribution in [0.25, 0.3) is 0 Å². The molecule has 8 heteroatoms. The van der Waals surface area contributed by atoms with Gasteiger partial charge in [-0.25, -0.2) is 0 Å². The molecule has 0 bridgehead atoms. The number of carbonyl (C=O) groups is 2. The first-order valence-corrected chi connectivity index (χ1v) is 6.78. The molecule has 3 unspecified atom stereocenters. The molecular formula is C11H23O5P2Y-. The molecule has 1 radical (unpaired) electrons. The third kappa shape index (κ3) is 15.1. The summed E-state index contributed by atoms with van der Waals surface area (Å²) >= 11 is 0. The van der Waals surface area contributed by atoms with Crippen molar-refractivity contribution in [2.75, 3.05) is 6.61 Å². The molecule has 1 aliphatic rings. The molecule has 1 heterocycles. The van der Waals surface area contributed by atoms with Crippen molar-refractivity contribution in [2.45, 2.75) is 45.8 Å². The summed E-state index contributed by atoms with van der Waals surface area (Å²) in [7, 11) is 4.03. The Morgan fingerprint density at radius 2 is 2.11 bits per heavy atom. The van der Waals surface area contributed by atoms with Gasteiger partial charge in [0.1, 0.15) is 6.10 Å². The first kappa shape index (κ1) is 24.9. The normalized spacial score (nSPS) is 17.3. The zero-order chi connectivity index (χ0) is 14.4. The average molecular weight is 386 g/mol. The van der Waals surface area contributed by atoms with E-state index in [2.05, 4.69) is 9.05 Å². The van der Waals surface area contributed by atoms with Crippen LogP contribution in [0.5, 0.6) is 0 Å². The summed E-state index contributed by atoms with van der Waals surface area (Å²) < 4.78 is 13.9. The molecule has 1 aliphatic heterocycles. The summed E-state index contributed by atoms with van der Waals surface area (Å²) in [6.07, 6.45) is 3.71. The number of aldehydes is 1. The van der Waals surface area contributed by atoms with Crippen molar-refractivity contribution in [2.24, 2.45) is 0 Å². The maximum atomic E-state index is 10.3. The number of ether oxygens (including phenoxy) is 1. The SMILES string of the molecule is CC.CC[C@@H]1C[CH-]C(=O)O1.O=CC(COP)OP.[Y]. The number of carbonyl (C=O) groups excluding carboxylic acids is 2. The van der Waals surface area contributed by atoms with Crippen molar-refractivity contribution < 1.29 is 56.1 Å². The molecule has 19 heavy (non-hydrogen) atoms. The quantitative estimate of drug-likeness (QED) is 0.314. The van der Waals surface area contributed by atoms with Crippen molar-refractivity contribution >= 4 is 31.2 Å². The van der Waals surface area contributed by atoms with Gasteiger partial charge in [0.2, 0.25) is 0 Å². The smallest absolute Gasteiger partial charge is 0.167 e. The van der Waals surface area contributed by atoms with Crippen LogP contribution in [-0.4, -0.2) is 31.1 Å². The van der Waals surface area contributed by atoms with E-state index in [1.807, 2.05) is 39.7 Å². The van der Waals surface area contributed by atoms with Gasteiger partial charge in [0.25, 0.3) is 0 Å². The van der Waals surface area contributed by atoms with E-state index < -0.39 is 6.10 Å². The van der Waals surface area contributed by atoms with Crippen LogP contribution in [0.15, 0.2) is 0 Å². The Hall–Kier alpha value is 0.894. The van der Waals surface area contributed by atoms with Gasteiger partial charge in [-0.2, -0.15) is 0 Å². The zero-order valence-corrected chi connectivity index (χ0v) is 16.9. The minimum absolute atomic E-state index is 0. The van der Waals surface area contributed by atoms with E-state index in [4.69, 9.17) is 4.74 Å². The Bertz CT molecular complexity index is 219. The summed E-state index contributed by atoms with van der Waals surface area (Å²) in [4.78, 5) is 20.2. The van der Waals surface area contributed by atoms with Crippen LogP contribution in [0.2, 0.25) is 0 Å². The fourth-order valence-electron chi connectivity index (χ4n) is 0.944. The molecule has 4 atom stereocenters. The van der Waals surface area contributed by atoms with Gasteiger partial charge in [0.15, 0.2) is 12.3 Å². The first-order valence-electron chi connectivity index (χ1n) is 5.84. The minimum Gasteiger partial charge on any atom is -0.487 e. The number of hydrogen-bond donors (Lipinski definition) is 0. The Morgan fingerprint density at radius 3 is 2.26 bits per heavy atom. The summed E-state index contributed by atoms with van der Waals surface area (Å²) in [5.74, 6) is -0.156. The molecule has 0 N–H and O–H groups in total. The molecule has 0 aliphatic carbocycles. The fourth-order valence-corrected chi connectivity index (χ4v) is 1.28. The van der Waals surface area contributed by atoms with Gasteiger partial charge in [0, 0.05) is 51.6 Å². The van der Waals surface area contributed by atoms with Crippen LogP contribution in [0, 0.1) is 6.42 Å². The third-order valence-corrected chi connectivity index (χ3v) is 2.41. The Morgan fingerprint density at radius 1 is 1.53 bits per heavy atom. The molecule has 1 saturated heterocycles. The molecule has 0 aromatic heterocycles. The molecule has 111 valence electrons. The average Bonchev–Trinajstić information content (AvgIpc) is 2.85. The van der Waals surface area contributed by atoms with E-state index in [-0.39, 0.29) is 51.4 Å². The van der Waals surface area contributed by atoms with Gasteiger partial charge in [-0.3, -0.25) is 11.2 Å². The number of esters is 1. The summed E-state index contributed by atoms with van der Waals surface area (Å²) in [5, 5.41) is 0. The van der Waals surface area contributed by atoms with E-state index in [9.17, 15) is 9.59 Å². The summed E-state index contributed by atoms with van der Waals surface area (Å²) in [6.45, 7) is 6.29. The second kappa shape index (κ2) is 18.9. The van der Waals surface area contributed by atoms with Crippen molar-refractivity contribution in [3.05, 3.63) is 6.42 Å². The number of hydrogen-bond acceptors (Lipinski definition) is 5. The van der Waals surface area contributed by atoms with Gasteiger partial charge >= 0.3 is 0 Å². The minimum atomic E-state index is -0.461. The zero-order valence-electron chi connectivity index (χ0n) is 11.7. The Kier molecular flexibility index (Phi) is 24.7. The molecule has 0 saturated carbocycles. The van der Waals surface area contributed by atoms with E-state index >= 15 is 0 Å². The topological polar surface area (TPSA) is 61.8 Å². The van der Waals surface area contributed by atoms with Crippen molar-refractivity contribution in [1.82, 2.24) is 0 Å². The van der Waals surface area contributed by atoms with E-state index in [0.29, 0.717) is 6.29 Å². The van der Waals surface area contributed by atoms with Crippen LogP contribution in [-0.2, 0) is 56.1 Å². The maximum Gasteiger partial charge on any atom is 0.167 e. The molecule has 5 nitrogen and oxygen atoms in total. The van der Waals surface area contributed by atoms with Crippen LogP contribution in [0.4, 0.5) is 0 Å². The Labute approximate surface area is 145 Å². The van der Waals surface area contributed by atoms with Gasteiger partial charge in [-0.15, -0.1) is 6.42 Å². The van der Waals surface area contributed by atoms with Gasteiger partial charge in [-0.1, -0.05) is 20.8 Å². The maximum absolute atomic E-state index is 10.3. The number of cyclic esters (lactones) is 1. The second-order valence-corrected chi connectivity index (χ2v) is 3.66. The van der Waals surface area contributed by atoms with Crippen molar-refractivity contribution in [3.63, 3.8) is 0 Å². The van der Waals surface area contributed by atoms with E-state index in [1.54, 1.807) is 6.42 Å². The van der Waals surface area contributed by atoms with Gasteiger partial charge in [-0.05, 0) is 6.42 Å². The number of rotatable bonds is 5. The summed E-state index contributed by atoms with van der Waals surface area (Å²) in [5.41, 5.74) is 0. The van der Waals surface area contributed by atoms with Gasteiger partial charge in [0.05, 0.1) is 12.7 Å². The molecular weight excluding hydrogens is 363 g/mol.